The fraction of sp³-hybridized carbons (Fsp3) is 0.348. The molecule has 0 unspecified atom stereocenters. The SMILES string of the molecule is COc1cc2ncnc(Nc3ccc(F)c(Cl)c3)c2cc1O[C@H]1CC[C@@H](NC(=O)C(F)(F)F)CC1. The zero-order valence-corrected chi connectivity index (χ0v) is 19.2. The van der Waals surface area contributed by atoms with Crippen molar-refractivity contribution in [3.05, 3.63) is 47.5 Å². The minimum absolute atomic E-state index is 0.0407. The molecule has 1 aliphatic rings. The van der Waals surface area contributed by atoms with E-state index in [1.165, 1.54) is 31.6 Å². The van der Waals surface area contributed by atoms with Crippen LogP contribution in [0.25, 0.3) is 10.9 Å². The van der Waals surface area contributed by atoms with Gasteiger partial charge in [0, 0.05) is 23.2 Å². The number of aromatic nitrogens is 2. The number of hydrogen-bond acceptors (Lipinski definition) is 6. The number of carbonyl (C=O) groups excluding carboxylic acids is 1. The Morgan fingerprint density at radius 1 is 1.09 bits per heavy atom. The Balaban J connectivity index is 1.51. The number of halogens is 5. The van der Waals surface area contributed by atoms with Crippen LogP contribution in [0.3, 0.4) is 0 Å². The van der Waals surface area contributed by atoms with Gasteiger partial charge in [-0.25, -0.2) is 14.4 Å². The third kappa shape index (κ3) is 5.84. The Hall–Kier alpha value is -3.34. The van der Waals surface area contributed by atoms with E-state index in [1.54, 1.807) is 12.1 Å². The minimum Gasteiger partial charge on any atom is -0.493 e. The molecule has 1 heterocycles. The second-order valence-corrected chi connectivity index (χ2v) is 8.47. The van der Waals surface area contributed by atoms with Crippen LogP contribution < -0.4 is 20.1 Å². The first-order valence-electron chi connectivity index (χ1n) is 10.7. The van der Waals surface area contributed by atoms with Crippen molar-refractivity contribution in [2.24, 2.45) is 0 Å². The molecule has 1 aromatic heterocycles. The van der Waals surface area contributed by atoms with Crippen molar-refractivity contribution in [1.29, 1.82) is 0 Å². The van der Waals surface area contributed by atoms with Crippen molar-refractivity contribution in [3.8, 4) is 11.5 Å². The highest BCUT2D eigenvalue weighted by Crippen LogP contribution is 2.37. The summed E-state index contributed by atoms with van der Waals surface area (Å²) in [6, 6.07) is 7.02. The van der Waals surface area contributed by atoms with Crippen molar-refractivity contribution in [1.82, 2.24) is 15.3 Å². The summed E-state index contributed by atoms with van der Waals surface area (Å²) in [4.78, 5) is 19.7. The zero-order valence-electron chi connectivity index (χ0n) is 18.5. The average Bonchev–Trinajstić information content (AvgIpc) is 2.82. The number of rotatable bonds is 6. The van der Waals surface area contributed by atoms with Crippen LogP contribution in [0.4, 0.5) is 29.1 Å². The van der Waals surface area contributed by atoms with E-state index in [9.17, 15) is 22.4 Å². The summed E-state index contributed by atoms with van der Waals surface area (Å²) in [5.74, 6) is -1.19. The molecule has 7 nitrogen and oxygen atoms in total. The molecule has 186 valence electrons. The fourth-order valence-corrected chi connectivity index (χ4v) is 4.08. The van der Waals surface area contributed by atoms with Crippen LogP contribution in [0.1, 0.15) is 25.7 Å². The number of alkyl halides is 3. The molecule has 0 bridgehead atoms. The summed E-state index contributed by atoms with van der Waals surface area (Å²) in [5.41, 5.74) is 1.09. The van der Waals surface area contributed by atoms with E-state index in [2.05, 4.69) is 15.3 Å². The van der Waals surface area contributed by atoms with E-state index in [-0.39, 0.29) is 11.1 Å². The number of hydrogen-bond donors (Lipinski definition) is 2. The van der Waals surface area contributed by atoms with Crippen LogP contribution in [0, 0.1) is 5.82 Å². The summed E-state index contributed by atoms with van der Waals surface area (Å²) in [5, 5.41) is 5.68. The lowest BCUT2D eigenvalue weighted by Crippen LogP contribution is -2.45. The number of nitrogens with one attached hydrogen (secondary N) is 2. The predicted octanol–water partition coefficient (Wildman–Crippen LogP) is 5.54. The topological polar surface area (TPSA) is 85.4 Å². The van der Waals surface area contributed by atoms with Gasteiger partial charge in [-0.3, -0.25) is 4.79 Å². The average molecular weight is 513 g/mol. The van der Waals surface area contributed by atoms with Gasteiger partial charge in [-0.05, 0) is 49.9 Å². The molecule has 2 N–H and O–H groups in total. The first kappa shape index (κ1) is 24.8. The molecule has 1 fully saturated rings. The van der Waals surface area contributed by atoms with Gasteiger partial charge in [-0.15, -0.1) is 0 Å². The third-order valence-electron chi connectivity index (χ3n) is 5.66. The van der Waals surface area contributed by atoms with Gasteiger partial charge in [0.2, 0.25) is 0 Å². The van der Waals surface area contributed by atoms with Crippen LogP contribution in [-0.2, 0) is 4.79 Å². The largest absolute Gasteiger partial charge is 0.493 e. The third-order valence-corrected chi connectivity index (χ3v) is 5.95. The molecule has 2 aromatic carbocycles. The predicted molar refractivity (Wildman–Crippen MR) is 122 cm³/mol. The van der Waals surface area contributed by atoms with E-state index in [1.807, 2.05) is 5.32 Å². The van der Waals surface area contributed by atoms with Crippen molar-refractivity contribution < 1.29 is 31.8 Å². The standard InChI is InChI=1S/C23H21ClF4N4O3/c1-34-19-10-18-15(21(30-11-29-18)31-13-4-7-17(25)16(24)8-13)9-20(19)35-14-5-2-12(3-6-14)32-22(33)23(26,27)28/h4,7-12,14H,2-3,5-6H2,1H3,(H,32,33)(H,29,30,31)/t12-,14+. The maximum absolute atomic E-state index is 13.5. The number of methoxy groups -OCH3 is 1. The number of fused-ring (bicyclic) bond motifs is 1. The van der Waals surface area contributed by atoms with Gasteiger partial charge in [0.1, 0.15) is 18.0 Å². The molecule has 0 saturated heterocycles. The first-order valence-corrected chi connectivity index (χ1v) is 11.1. The first-order chi connectivity index (χ1) is 16.6. The summed E-state index contributed by atoms with van der Waals surface area (Å²) >= 11 is 5.87. The fourth-order valence-electron chi connectivity index (χ4n) is 3.90. The van der Waals surface area contributed by atoms with E-state index < -0.39 is 23.9 Å². The van der Waals surface area contributed by atoms with Gasteiger partial charge in [0.15, 0.2) is 11.5 Å². The molecule has 1 amide bonds. The van der Waals surface area contributed by atoms with Crippen molar-refractivity contribution >= 4 is 39.9 Å². The number of anilines is 2. The molecule has 0 aliphatic heterocycles. The van der Waals surface area contributed by atoms with Crippen LogP contribution in [0.2, 0.25) is 5.02 Å². The van der Waals surface area contributed by atoms with Gasteiger partial charge in [0.05, 0.1) is 23.8 Å². The van der Waals surface area contributed by atoms with Gasteiger partial charge in [0.25, 0.3) is 0 Å². The molecule has 0 spiro atoms. The molecular weight excluding hydrogens is 492 g/mol. The van der Waals surface area contributed by atoms with Crippen LogP contribution in [0.15, 0.2) is 36.7 Å². The van der Waals surface area contributed by atoms with Crippen LogP contribution >= 0.6 is 11.6 Å². The lowest BCUT2D eigenvalue weighted by molar-refractivity contribution is -0.174. The van der Waals surface area contributed by atoms with Gasteiger partial charge in [-0.1, -0.05) is 11.6 Å². The van der Waals surface area contributed by atoms with Gasteiger partial charge in [-0.2, -0.15) is 13.2 Å². The summed E-state index contributed by atoms with van der Waals surface area (Å²) in [6.07, 6.45) is -2.21. The summed E-state index contributed by atoms with van der Waals surface area (Å²) in [6.45, 7) is 0. The molecule has 12 heteroatoms. The van der Waals surface area contributed by atoms with Crippen molar-refractivity contribution in [2.45, 2.75) is 44.0 Å². The highest BCUT2D eigenvalue weighted by molar-refractivity contribution is 6.31. The van der Waals surface area contributed by atoms with Crippen molar-refractivity contribution in [3.63, 3.8) is 0 Å². The molecule has 35 heavy (non-hydrogen) atoms. The monoisotopic (exact) mass is 512 g/mol. The van der Waals surface area contributed by atoms with E-state index >= 15 is 0 Å². The second-order valence-electron chi connectivity index (χ2n) is 8.06. The maximum Gasteiger partial charge on any atom is 0.471 e. The number of nitrogens with zero attached hydrogens (tertiary/aromatic N) is 2. The quantitative estimate of drug-likeness (QED) is 0.422. The summed E-state index contributed by atoms with van der Waals surface area (Å²) < 4.78 is 62.6. The van der Waals surface area contributed by atoms with E-state index in [0.717, 1.165) is 0 Å². The normalized spacial score (nSPS) is 18.2. The minimum atomic E-state index is -4.90. The lowest BCUT2D eigenvalue weighted by atomic mass is 9.93. The lowest BCUT2D eigenvalue weighted by Gasteiger charge is -2.30. The highest BCUT2D eigenvalue weighted by atomic mass is 35.5. The molecular formula is C23H21ClF4N4O3. The van der Waals surface area contributed by atoms with Crippen LogP contribution in [0.5, 0.6) is 11.5 Å². The highest BCUT2D eigenvalue weighted by Gasteiger charge is 2.40. The summed E-state index contributed by atoms with van der Waals surface area (Å²) in [7, 11) is 1.48. The van der Waals surface area contributed by atoms with E-state index in [0.29, 0.717) is 59.6 Å². The van der Waals surface area contributed by atoms with Gasteiger partial charge < -0.3 is 20.1 Å². The van der Waals surface area contributed by atoms with E-state index in [4.69, 9.17) is 21.1 Å². The van der Waals surface area contributed by atoms with Gasteiger partial charge >= 0.3 is 12.1 Å². The molecule has 1 saturated carbocycles. The Labute approximate surface area is 202 Å². The maximum atomic E-state index is 13.5. The molecule has 0 atom stereocenters. The van der Waals surface area contributed by atoms with Crippen molar-refractivity contribution in [2.75, 3.05) is 12.4 Å². The molecule has 3 aromatic rings. The molecule has 1 aliphatic carbocycles. The number of amides is 1. The molecule has 4 rings (SSSR count). The zero-order chi connectivity index (χ0) is 25.2. The Bertz CT molecular complexity index is 1230. The Kier molecular flexibility index (Phi) is 7.15. The van der Waals surface area contributed by atoms with Crippen LogP contribution in [-0.4, -0.2) is 41.3 Å². The smallest absolute Gasteiger partial charge is 0.471 e. The number of benzene rings is 2. The Morgan fingerprint density at radius 3 is 2.49 bits per heavy atom. The Morgan fingerprint density at radius 2 is 1.83 bits per heavy atom. The number of ether oxygens (including phenoxy) is 2. The number of carbonyl (C=O) groups is 1. The molecule has 0 radical (unpaired) electrons. The second kappa shape index (κ2) is 10.1.